The van der Waals surface area contributed by atoms with Gasteiger partial charge in [-0.1, -0.05) is 6.42 Å². The summed E-state index contributed by atoms with van der Waals surface area (Å²) in [6.45, 7) is 8.39. The number of aliphatic imine (C=N–C) groups is 1. The van der Waals surface area contributed by atoms with Gasteiger partial charge < -0.3 is 15.5 Å². The lowest BCUT2D eigenvalue weighted by atomic mass is 10.2. The summed E-state index contributed by atoms with van der Waals surface area (Å²) in [5, 5.41) is 10.1. The van der Waals surface area contributed by atoms with Gasteiger partial charge >= 0.3 is 0 Å². The SMILES string of the molecule is CCNC(=NCCCN1CCCCCC1=O)NCCCCc1nc(C)cs1. The molecule has 152 valence electrons. The molecule has 7 heteroatoms. The van der Waals surface area contributed by atoms with Crippen LogP contribution in [0.4, 0.5) is 0 Å². The normalized spacial score (nSPS) is 15.7. The minimum atomic E-state index is 0.317. The fraction of sp³-hybridized carbons (Fsp3) is 0.750. The van der Waals surface area contributed by atoms with Crippen LogP contribution in [0.1, 0.15) is 62.6 Å². The molecule has 0 aliphatic carbocycles. The van der Waals surface area contributed by atoms with E-state index in [-0.39, 0.29) is 0 Å². The predicted octanol–water partition coefficient (Wildman–Crippen LogP) is 3.12. The Balaban J connectivity index is 1.61. The van der Waals surface area contributed by atoms with Crippen molar-refractivity contribution in [2.75, 3.05) is 32.7 Å². The van der Waals surface area contributed by atoms with Gasteiger partial charge in [0.05, 0.1) is 5.01 Å². The Morgan fingerprint density at radius 1 is 1.26 bits per heavy atom. The zero-order valence-corrected chi connectivity index (χ0v) is 17.7. The van der Waals surface area contributed by atoms with Crippen LogP contribution in [0.3, 0.4) is 0 Å². The lowest BCUT2D eigenvalue weighted by Gasteiger charge is -2.20. The van der Waals surface area contributed by atoms with E-state index in [9.17, 15) is 4.79 Å². The predicted molar refractivity (Wildman–Crippen MR) is 113 cm³/mol. The second-order valence-electron chi connectivity index (χ2n) is 7.07. The minimum Gasteiger partial charge on any atom is -0.357 e. The van der Waals surface area contributed by atoms with Gasteiger partial charge in [0.25, 0.3) is 0 Å². The zero-order chi connectivity index (χ0) is 19.3. The molecule has 0 unspecified atom stereocenters. The molecule has 0 spiro atoms. The highest BCUT2D eigenvalue weighted by molar-refractivity contribution is 7.09. The Hall–Kier alpha value is -1.63. The molecule has 1 aliphatic heterocycles. The molecular weight excluding hydrogens is 358 g/mol. The number of nitrogens with one attached hydrogen (secondary N) is 2. The second kappa shape index (κ2) is 12.7. The monoisotopic (exact) mass is 393 g/mol. The minimum absolute atomic E-state index is 0.317. The van der Waals surface area contributed by atoms with Crippen LogP contribution < -0.4 is 10.6 Å². The first-order valence-corrected chi connectivity index (χ1v) is 11.3. The molecule has 6 nitrogen and oxygen atoms in total. The highest BCUT2D eigenvalue weighted by Crippen LogP contribution is 2.12. The number of aryl methyl sites for hydroxylation is 2. The van der Waals surface area contributed by atoms with Crippen LogP contribution in [0, 0.1) is 6.92 Å². The molecule has 2 heterocycles. The Morgan fingerprint density at radius 2 is 2.15 bits per heavy atom. The summed E-state index contributed by atoms with van der Waals surface area (Å²) in [6.07, 6.45) is 8.29. The topological polar surface area (TPSA) is 69.6 Å². The van der Waals surface area contributed by atoms with Crippen LogP contribution in [0.5, 0.6) is 0 Å². The maximum absolute atomic E-state index is 12.0. The summed E-state index contributed by atoms with van der Waals surface area (Å²) in [4.78, 5) is 23.2. The summed E-state index contributed by atoms with van der Waals surface area (Å²) in [5.41, 5.74) is 1.12. The van der Waals surface area contributed by atoms with E-state index in [4.69, 9.17) is 0 Å². The van der Waals surface area contributed by atoms with Crippen LogP contribution in [-0.2, 0) is 11.2 Å². The molecule has 1 fully saturated rings. The first-order chi connectivity index (χ1) is 13.2. The van der Waals surface area contributed by atoms with Gasteiger partial charge in [0.15, 0.2) is 5.96 Å². The summed E-state index contributed by atoms with van der Waals surface area (Å²) in [5.74, 6) is 1.20. The van der Waals surface area contributed by atoms with E-state index in [0.717, 1.165) is 82.9 Å². The lowest BCUT2D eigenvalue weighted by molar-refractivity contribution is -0.130. The third-order valence-electron chi connectivity index (χ3n) is 4.65. The number of carbonyl (C=O) groups is 1. The van der Waals surface area contributed by atoms with Crippen molar-refractivity contribution in [3.8, 4) is 0 Å². The number of nitrogens with zero attached hydrogens (tertiary/aromatic N) is 3. The van der Waals surface area contributed by atoms with Crippen molar-refractivity contribution in [3.05, 3.63) is 16.1 Å². The van der Waals surface area contributed by atoms with Crippen LogP contribution in [0.25, 0.3) is 0 Å². The fourth-order valence-electron chi connectivity index (χ4n) is 3.19. The van der Waals surface area contributed by atoms with Crippen LogP contribution in [0.15, 0.2) is 10.4 Å². The highest BCUT2D eigenvalue weighted by Gasteiger charge is 2.15. The van der Waals surface area contributed by atoms with E-state index >= 15 is 0 Å². The molecule has 1 saturated heterocycles. The first-order valence-electron chi connectivity index (χ1n) is 10.4. The first kappa shape index (κ1) is 21.7. The number of amides is 1. The van der Waals surface area contributed by atoms with Crippen molar-refractivity contribution in [1.29, 1.82) is 0 Å². The maximum Gasteiger partial charge on any atom is 0.222 e. The van der Waals surface area contributed by atoms with Gasteiger partial charge in [0.2, 0.25) is 5.91 Å². The number of hydrogen-bond donors (Lipinski definition) is 2. The molecule has 0 atom stereocenters. The number of likely N-dealkylation sites (tertiary alicyclic amines) is 1. The van der Waals surface area contributed by atoms with Crippen molar-refractivity contribution >= 4 is 23.2 Å². The number of thiazole rings is 1. The number of hydrogen-bond acceptors (Lipinski definition) is 4. The van der Waals surface area contributed by atoms with E-state index in [2.05, 4.69) is 32.9 Å². The van der Waals surface area contributed by atoms with Gasteiger partial charge in [0, 0.05) is 50.2 Å². The lowest BCUT2D eigenvalue weighted by Crippen LogP contribution is -2.38. The summed E-state index contributed by atoms with van der Waals surface area (Å²) >= 11 is 1.75. The molecule has 1 amide bonds. The van der Waals surface area contributed by atoms with Gasteiger partial charge in [-0.3, -0.25) is 9.79 Å². The number of carbonyl (C=O) groups excluding carboxylic acids is 1. The Labute approximate surface area is 167 Å². The van der Waals surface area contributed by atoms with Gasteiger partial charge in [-0.25, -0.2) is 4.98 Å². The number of guanidine groups is 1. The standard InChI is InChI=1S/C20H35N5OS/c1-3-21-20(22-12-7-6-10-18-24-17(2)16-27-18)23-13-9-15-25-14-8-4-5-11-19(25)26/h16H,3-15H2,1-2H3,(H2,21,22,23). The smallest absolute Gasteiger partial charge is 0.222 e. The largest absolute Gasteiger partial charge is 0.357 e. The Bertz CT molecular complexity index is 587. The highest BCUT2D eigenvalue weighted by atomic mass is 32.1. The van der Waals surface area contributed by atoms with E-state index in [1.807, 2.05) is 11.8 Å². The Morgan fingerprint density at radius 3 is 2.93 bits per heavy atom. The summed E-state index contributed by atoms with van der Waals surface area (Å²) in [6, 6.07) is 0. The van der Waals surface area contributed by atoms with E-state index in [1.54, 1.807) is 11.3 Å². The molecular formula is C20H35N5OS. The van der Waals surface area contributed by atoms with Crippen molar-refractivity contribution in [2.24, 2.45) is 4.99 Å². The second-order valence-corrected chi connectivity index (χ2v) is 8.01. The molecule has 2 N–H and O–H groups in total. The average Bonchev–Trinajstić information content (AvgIpc) is 2.96. The molecule has 1 aromatic rings. The summed E-state index contributed by atoms with van der Waals surface area (Å²) < 4.78 is 0. The van der Waals surface area contributed by atoms with E-state index < -0.39 is 0 Å². The molecule has 0 aromatic carbocycles. The number of aromatic nitrogens is 1. The van der Waals surface area contributed by atoms with Crippen molar-refractivity contribution in [3.63, 3.8) is 0 Å². The molecule has 1 aliphatic rings. The molecule has 2 rings (SSSR count). The average molecular weight is 394 g/mol. The van der Waals surface area contributed by atoms with E-state index in [1.165, 1.54) is 11.4 Å². The van der Waals surface area contributed by atoms with Gasteiger partial charge in [-0.05, 0) is 52.4 Å². The van der Waals surface area contributed by atoms with Crippen LogP contribution >= 0.6 is 11.3 Å². The van der Waals surface area contributed by atoms with Crippen molar-refractivity contribution < 1.29 is 4.79 Å². The van der Waals surface area contributed by atoms with Gasteiger partial charge in [0.1, 0.15) is 0 Å². The van der Waals surface area contributed by atoms with Crippen molar-refractivity contribution in [1.82, 2.24) is 20.5 Å². The third kappa shape index (κ3) is 8.73. The van der Waals surface area contributed by atoms with Crippen LogP contribution in [0.2, 0.25) is 0 Å². The van der Waals surface area contributed by atoms with Gasteiger partial charge in [-0.15, -0.1) is 11.3 Å². The zero-order valence-electron chi connectivity index (χ0n) is 16.9. The molecule has 1 aromatic heterocycles. The summed E-state index contributed by atoms with van der Waals surface area (Å²) in [7, 11) is 0. The van der Waals surface area contributed by atoms with Crippen LogP contribution in [-0.4, -0.2) is 54.5 Å². The number of unbranched alkanes of at least 4 members (excludes halogenated alkanes) is 1. The van der Waals surface area contributed by atoms with Crippen molar-refractivity contribution in [2.45, 2.75) is 65.2 Å². The molecule has 0 radical (unpaired) electrons. The molecule has 0 bridgehead atoms. The fourth-order valence-corrected chi connectivity index (χ4v) is 4.01. The van der Waals surface area contributed by atoms with Gasteiger partial charge in [-0.2, -0.15) is 0 Å². The molecule has 27 heavy (non-hydrogen) atoms. The maximum atomic E-state index is 12.0. The quantitative estimate of drug-likeness (QED) is 0.364. The Kier molecular flexibility index (Phi) is 10.2. The number of rotatable bonds is 10. The molecule has 0 saturated carbocycles. The third-order valence-corrected chi connectivity index (χ3v) is 5.67. The van der Waals surface area contributed by atoms with E-state index in [0.29, 0.717) is 12.3 Å².